The third-order valence-corrected chi connectivity index (χ3v) is 14.3. The Kier molecular flexibility index (Phi) is 56.3. The number of allylic oxidation sites excluding steroid dienone is 23. The molecule has 0 aromatic carbocycles. The molecule has 0 radical (unpaired) electrons. The van der Waals surface area contributed by atoms with Crippen LogP contribution in [-0.2, 0) is 18.4 Å². The van der Waals surface area contributed by atoms with Crippen molar-refractivity contribution in [1.29, 1.82) is 0 Å². The average molecular weight is 1120 g/mol. The first-order valence-corrected chi connectivity index (χ1v) is 33.2. The predicted molar refractivity (Wildman–Crippen MR) is 345 cm³/mol. The Bertz CT molecular complexity index is 1790. The summed E-state index contributed by atoms with van der Waals surface area (Å²) in [7, 11) is 1.52. The Labute approximate surface area is 487 Å². The minimum Gasteiger partial charge on any atom is -0.387 e. The van der Waals surface area contributed by atoms with Crippen LogP contribution < -0.4 is 5.32 Å². The monoisotopic (exact) mass is 1120 g/mol. The van der Waals surface area contributed by atoms with Crippen molar-refractivity contribution in [3.8, 4) is 0 Å². The Morgan fingerprint density at radius 2 is 0.772 bits per heavy atom. The van der Waals surface area contributed by atoms with Gasteiger partial charge in [-0.2, -0.15) is 0 Å². The number of rotatable bonds is 56. The van der Waals surface area contributed by atoms with Gasteiger partial charge in [0.1, 0.15) is 13.2 Å². The lowest BCUT2D eigenvalue weighted by Crippen LogP contribution is -2.45. The number of phosphoric acid groups is 1. The zero-order chi connectivity index (χ0) is 57.7. The molecule has 0 heterocycles. The zero-order valence-electron chi connectivity index (χ0n) is 51.3. The summed E-state index contributed by atoms with van der Waals surface area (Å²) in [5.74, 6) is -0.203. The van der Waals surface area contributed by atoms with Crippen molar-refractivity contribution < 1.29 is 32.9 Å². The van der Waals surface area contributed by atoms with Crippen molar-refractivity contribution in [2.75, 3.05) is 40.9 Å². The lowest BCUT2D eigenvalue weighted by atomic mass is 10.1. The van der Waals surface area contributed by atoms with Gasteiger partial charge in [0, 0.05) is 6.42 Å². The van der Waals surface area contributed by atoms with E-state index in [1.54, 1.807) is 6.08 Å². The number of nitrogens with one attached hydrogen (secondary N) is 1. The first kappa shape index (κ1) is 75.4. The smallest absolute Gasteiger partial charge is 0.387 e. The first-order chi connectivity index (χ1) is 38.5. The fourth-order valence-corrected chi connectivity index (χ4v) is 9.10. The van der Waals surface area contributed by atoms with Gasteiger partial charge in [0.05, 0.1) is 39.9 Å². The number of aliphatic hydroxyl groups is 1. The van der Waals surface area contributed by atoms with Gasteiger partial charge < -0.3 is 19.8 Å². The fraction of sp³-hybridized carbons (Fsp3) is 0.643. The molecule has 0 rings (SSSR count). The summed E-state index contributed by atoms with van der Waals surface area (Å²) >= 11 is 0. The van der Waals surface area contributed by atoms with E-state index in [0.29, 0.717) is 17.4 Å². The molecule has 1 amide bonds. The summed E-state index contributed by atoms with van der Waals surface area (Å²) in [6.07, 6.45) is 91.1. The number of hydrogen-bond acceptors (Lipinski definition) is 5. The molecule has 3 N–H and O–H groups in total. The summed E-state index contributed by atoms with van der Waals surface area (Å²) in [4.78, 5) is 23.3. The molecule has 0 spiro atoms. The van der Waals surface area contributed by atoms with E-state index in [1.165, 1.54) is 103 Å². The molecule has 0 aromatic heterocycles. The highest BCUT2D eigenvalue weighted by molar-refractivity contribution is 7.47. The van der Waals surface area contributed by atoms with Crippen molar-refractivity contribution in [3.05, 3.63) is 146 Å². The van der Waals surface area contributed by atoms with Crippen molar-refractivity contribution >= 4 is 13.7 Å². The summed E-state index contributed by atoms with van der Waals surface area (Å²) in [5.41, 5.74) is 0. The van der Waals surface area contributed by atoms with Crippen molar-refractivity contribution in [2.45, 2.75) is 251 Å². The molecule has 0 aromatic rings. The maximum absolute atomic E-state index is 13.0. The molecule has 0 aliphatic rings. The molecule has 9 heteroatoms. The molecular formula is C70H120N2O6P+. The minimum absolute atomic E-state index is 0.0450. The van der Waals surface area contributed by atoms with E-state index >= 15 is 0 Å². The number of unbranched alkanes of at least 4 members (excludes halogenated alkanes) is 21. The van der Waals surface area contributed by atoms with Crippen molar-refractivity contribution in [2.24, 2.45) is 0 Å². The number of nitrogens with zero attached hydrogens (tertiary/aromatic N) is 1. The third-order valence-electron chi connectivity index (χ3n) is 13.3. The number of phosphoric ester groups is 1. The van der Waals surface area contributed by atoms with E-state index in [4.69, 9.17) is 9.05 Å². The van der Waals surface area contributed by atoms with Crippen LogP contribution in [0.3, 0.4) is 0 Å². The summed E-state index contributed by atoms with van der Waals surface area (Å²) in [6, 6.07) is -0.884. The zero-order valence-corrected chi connectivity index (χ0v) is 52.2. The average Bonchev–Trinajstić information content (AvgIpc) is 3.42. The highest BCUT2D eigenvalue weighted by Gasteiger charge is 2.27. The molecule has 0 aliphatic carbocycles. The molecule has 79 heavy (non-hydrogen) atoms. The van der Waals surface area contributed by atoms with E-state index in [2.05, 4.69) is 153 Å². The van der Waals surface area contributed by atoms with Crippen molar-refractivity contribution in [1.82, 2.24) is 5.32 Å². The highest BCUT2D eigenvalue weighted by Crippen LogP contribution is 2.43. The fourth-order valence-electron chi connectivity index (χ4n) is 8.36. The number of carbonyl (C=O) groups excluding carboxylic acids is 1. The molecule has 450 valence electrons. The van der Waals surface area contributed by atoms with E-state index < -0.39 is 20.0 Å². The van der Waals surface area contributed by atoms with E-state index in [1.807, 2.05) is 27.2 Å². The van der Waals surface area contributed by atoms with Crippen LogP contribution in [0.4, 0.5) is 0 Å². The maximum Gasteiger partial charge on any atom is 0.472 e. The number of aliphatic hydroxyl groups excluding tert-OH is 1. The lowest BCUT2D eigenvalue weighted by Gasteiger charge is -2.25. The standard InChI is InChI=1S/C70H119N2O6P/c1-6-8-10-12-14-16-18-20-22-24-26-28-29-30-31-32-33-34-35-36-37-38-39-40-41-42-43-44-46-48-50-52-54-56-58-60-62-64-70(74)71-68(67-78-79(75,76)77-66-65-72(3,4)5)69(73)63-61-59-57-55-53-51-49-47-45-27-25-23-21-19-17-15-13-11-9-7-2/h8,10,14,16,20,22,26,28,30-31,33-34,36-37,39-40,42-43,45,47,53,55,61,63,68-69,73H,6-7,9,11-13,15,17-19,21,23-25,27,29,32,35,38,41,44,46,48-52,54,56-60,62,64-67H2,1-5H3,(H-,71,74,75,76)/p+1/b10-8-,16-14-,22-20-,28-26-,31-30-,34-33-,37-36-,40-39-,43-42-,47-45+,55-53+,63-61+. The van der Waals surface area contributed by atoms with Gasteiger partial charge in [0.15, 0.2) is 0 Å². The number of amides is 1. The number of carbonyl (C=O) groups is 1. The van der Waals surface area contributed by atoms with Crippen LogP contribution in [0.2, 0.25) is 0 Å². The minimum atomic E-state index is -4.37. The lowest BCUT2D eigenvalue weighted by molar-refractivity contribution is -0.870. The third kappa shape index (κ3) is 61.8. The van der Waals surface area contributed by atoms with Crippen LogP contribution >= 0.6 is 7.82 Å². The predicted octanol–water partition coefficient (Wildman–Crippen LogP) is 20.0. The van der Waals surface area contributed by atoms with Gasteiger partial charge in [-0.25, -0.2) is 4.57 Å². The van der Waals surface area contributed by atoms with Gasteiger partial charge in [-0.15, -0.1) is 0 Å². The molecule has 0 aliphatic heterocycles. The van der Waals surface area contributed by atoms with Gasteiger partial charge in [0.2, 0.25) is 5.91 Å². The van der Waals surface area contributed by atoms with Crippen LogP contribution in [0.25, 0.3) is 0 Å². The van der Waals surface area contributed by atoms with Crippen LogP contribution in [0.15, 0.2) is 146 Å². The van der Waals surface area contributed by atoms with Gasteiger partial charge >= 0.3 is 7.82 Å². The first-order valence-electron chi connectivity index (χ1n) is 31.7. The molecule has 3 unspecified atom stereocenters. The molecular weight excluding hydrogens is 996 g/mol. The topological polar surface area (TPSA) is 105 Å². The van der Waals surface area contributed by atoms with Gasteiger partial charge in [-0.05, 0) is 116 Å². The number of quaternary nitrogens is 1. The van der Waals surface area contributed by atoms with Crippen molar-refractivity contribution in [3.63, 3.8) is 0 Å². The van der Waals surface area contributed by atoms with Gasteiger partial charge in [0.25, 0.3) is 0 Å². The largest absolute Gasteiger partial charge is 0.472 e. The van der Waals surface area contributed by atoms with Crippen LogP contribution in [0.1, 0.15) is 239 Å². The highest BCUT2D eigenvalue weighted by atomic mass is 31.2. The second-order valence-corrected chi connectivity index (χ2v) is 23.5. The quantitative estimate of drug-likeness (QED) is 0.0243. The Morgan fingerprint density at radius 1 is 0.443 bits per heavy atom. The maximum atomic E-state index is 13.0. The van der Waals surface area contributed by atoms with Gasteiger partial charge in [-0.1, -0.05) is 262 Å². The van der Waals surface area contributed by atoms with E-state index in [0.717, 1.165) is 116 Å². The van der Waals surface area contributed by atoms with Crippen LogP contribution in [0, 0.1) is 0 Å². The molecule has 0 saturated carbocycles. The van der Waals surface area contributed by atoms with E-state index in [9.17, 15) is 19.4 Å². The molecule has 8 nitrogen and oxygen atoms in total. The molecule has 0 saturated heterocycles. The SMILES string of the molecule is CC/C=C\C/C=C\C/C=C\C/C=C\C/C=C\C/C=C\C/C=C\C/C=C\C/C=C\CCCCCCCCCCCC(=O)NC(COP(=O)(O)OCC[N+](C)(C)C)C(O)/C=C/CC/C=C/CC/C=C/CCCCCCCCCCCC. The number of likely N-dealkylation sites (N-methyl/N-ethyl adjacent to an activating group) is 1. The molecule has 3 atom stereocenters. The summed E-state index contributed by atoms with van der Waals surface area (Å²) < 4.78 is 23.7. The molecule has 0 bridgehead atoms. The summed E-state index contributed by atoms with van der Waals surface area (Å²) in [6.45, 7) is 4.66. The Balaban J connectivity index is 4.23. The Morgan fingerprint density at radius 3 is 1.16 bits per heavy atom. The van der Waals surface area contributed by atoms with Gasteiger partial charge in [-0.3, -0.25) is 13.8 Å². The normalized spacial score (nSPS) is 14.8. The summed E-state index contributed by atoms with van der Waals surface area (Å²) in [5, 5.41) is 13.9. The van der Waals surface area contributed by atoms with E-state index in [-0.39, 0.29) is 19.1 Å². The second-order valence-electron chi connectivity index (χ2n) is 22.0. The number of hydrogen-bond donors (Lipinski definition) is 3. The van der Waals surface area contributed by atoms with Crippen LogP contribution in [-0.4, -0.2) is 73.4 Å². The molecule has 0 fully saturated rings. The second kappa shape index (κ2) is 59.0. The Hall–Kier alpha value is -3.62. The van der Waals surface area contributed by atoms with Crippen LogP contribution in [0.5, 0.6) is 0 Å².